The molecule has 0 aromatic heterocycles. The van der Waals surface area contributed by atoms with E-state index in [1.54, 1.807) is 38.1 Å². The van der Waals surface area contributed by atoms with Crippen LogP contribution in [0.3, 0.4) is 0 Å². The van der Waals surface area contributed by atoms with Gasteiger partial charge in [0.25, 0.3) is 5.69 Å². The molecule has 0 amide bonds. The van der Waals surface area contributed by atoms with E-state index in [4.69, 9.17) is 9.47 Å². The normalized spacial score (nSPS) is 15.7. The van der Waals surface area contributed by atoms with E-state index in [2.05, 4.69) is 10.2 Å². The number of allylic oxidation sites excluding steroid dienone is 2. The molecule has 0 aliphatic carbocycles. The molecule has 184 valence electrons. The monoisotopic (exact) mass is 478 g/mol. The Labute approximate surface area is 205 Å². The molecule has 1 aliphatic heterocycles. The van der Waals surface area contributed by atoms with Gasteiger partial charge < -0.3 is 14.8 Å². The van der Waals surface area contributed by atoms with Crippen LogP contribution in [0.5, 0.6) is 0 Å². The summed E-state index contributed by atoms with van der Waals surface area (Å²) in [6.45, 7) is 4.99. The summed E-state index contributed by atoms with van der Waals surface area (Å²) in [5.74, 6) is -1.82. The summed E-state index contributed by atoms with van der Waals surface area (Å²) in [7, 11) is 4.65. The molecule has 8 nitrogen and oxygen atoms in total. The molecule has 1 heterocycles. The number of nitrogens with zero attached hydrogens (tertiary/aromatic N) is 2. The van der Waals surface area contributed by atoms with Crippen LogP contribution in [0, 0.1) is 4.91 Å². The van der Waals surface area contributed by atoms with Crippen molar-refractivity contribution in [3.8, 4) is 0 Å². The predicted octanol–water partition coefficient (Wildman–Crippen LogP) is 3.81. The van der Waals surface area contributed by atoms with Crippen LogP contribution in [-0.4, -0.2) is 56.0 Å². The van der Waals surface area contributed by atoms with Crippen LogP contribution in [0.25, 0.3) is 0 Å². The molecule has 0 spiro atoms. The first-order valence-electron chi connectivity index (χ1n) is 11.4. The molecular formula is C27H32N3O5+. The number of rotatable bonds is 9. The van der Waals surface area contributed by atoms with Gasteiger partial charge in [0.1, 0.15) is 6.61 Å². The maximum Gasteiger partial charge on any atom is 0.336 e. The van der Waals surface area contributed by atoms with Crippen molar-refractivity contribution in [3.05, 3.63) is 93.2 Å². The topological polar surface area (TPSA) is 87.9 Å². The Balaban J connectivity index is 1.84. The first-order chi connectivity index (χ1) is 16.7. The molecule has 0 fully saturated rings. The SMILES string of the molecule is COC(=O)C1=C(C)NC(C)=C(C(=O)OCCN(C)Cc2ccccc2)C1c1cccc([N+](C)=O)c1. The minimum absolute atomic E-state index is 0.186. The summed E-state index contributed by atoms with van der Waals surface area (Å²) in [5.41, 5.74) is 3.99. The Morgan fingerprint density at radius 3 is 2.29 bits per heavy atom. The number of carbonyl (C=O) groups is 2. The molecule has 1 atom stereocenters. The fraction of sp³-hybridized carbons (Fsp3) is 0.333. The van der Waals surface area contributed by atoms with Gasteiger partial charge in [-0.25, -0.2) is 9.59 Å². The molecule has 2 aromatic carbocycles. The van der Waals surface area contributed by atoms with Crippen molar-refractivity contribution < 1.29 is 23.8 Å². The van der Waals surface area contributed by atoms with E-state index < -0.39 is 17.9 Å². The lowest BCUT2D eigenvalue weighted by molar-refractivity contribution is -0.428. The summed E-state index contributed by atoms with van der Waals surface area (Å²) >= 11 is 0. The van der Waals surface area contributed by atoms with Crippen molar-refractivity contribution in [1.29, 1.82) is 0 Å². The highest BCUT2D eigenvalue weighted by atomic mass is 16.5. The number of benzene rings is 2. The van der Waals surface area contributed by atoms with E-state index in [9.17, 15) is 14.5 Å². The average molecular weight is 479 g/mol. The number of carbonyl (C=O) groups excluding carboxylic acids is 2. The molecule has 3 rings (SSSR count). The smallest absolute Gasteiger partial charge is 0.336 e. The fourth-order valence-corrected chi connectivity index (χ4v) is 4.22. The van der Waals surface area contributed by atoms with E-state index in [0.29, 0.717) is 40.3 Å². The lowest BCUT2D eigenvalue weighted by Gasteiger charge is -2.30. The van der Waals surface area contributed by atoms with Gasteiger partial charge in [0.2, 0.25) is 0 Å². The summed E-state index contributed by atoms with van der Waals surface area (Å²) in [6.07, 6.45) is 0. The number of ether oxygens (including phenoxy) is 2. The largest absolute Gasteiger partial charge is 0.466 e. The van der Waals surface area contributed by atoms with Crippen molar-refractivity contribution in [3.63, 3.8) is 0 Å². The van der Waals surface area contributed by atoms with Crippen LogP contribution in [-0.2, 0) is 25.6 Å². The number of methoxy groups -OCH3 is 1. The first kappa shape index (κ1) is 25.8. The average Bonchev–Trinajstić information content (AvgIpc) is 2.83. The highest BCUT2D eigenvalue weighted by Gasteiger charge is 2.38. The molecule has 0 radical (unpaired) electrons. The third-order valence-corrected chi connectivity index (χ3v) is 5.95. The van der Waals surface area contributed by atoms with Crippen molar-refractivity contribution in [2.24, 2.45) is 0 Å². The van der Waals surface area contributed by atoms with Gasteiger partial charge in [0.15, 0.2) is 7.05 Å². The Kier molecular flexibility index (Phi) is 8.54. The highest BCUT2D eigenvalue weighted by Crippen LogP contribution is 2.40. The van der Waals surface area contributed by atoms with Crippen LogP contribution >= 0.6 is 0 Å². The second-order valence-electron chi connectivity index (χ2n) is 8.58. The third kappa shape index (κ3) is 6.22. The molecule has 0 saturated heterocycles. The zero-order valence-corrected chi connectivity index (χ0v) is 20.8. The van der Waals surface area contributed by atoms with Gasteiger partial charge >= 0.3 is 11.9 Å². The number of esters is 2. The zero-order valence-electron chi connectivity index (χ0n) is 20.8. The Hall–Kier alpha value is -3.78. The van der Waals surface area contributed by atoms with E-state index >= 15 is 0 Å². The Morgan fingerprint density at radius 2 is 1.66 bits per heavy atom. The van der Waals surface area contributed by atoms with Crippen LogP contribution < -0.4 is 5.32 Å². The van der Waals surface area contributed by atoms with Crippen LogP contribution in [0.4, 0.5) is 5.69 Å². The summed E-state index contributed by atoms with van der Waals surface area (Å²) < 4.78 is 11.4. The number of hydrogen-bond donors (Lipinski definition) is 1. The van der Waals surface area contributed by atoms with Crippen molar-refractivity contribution in [1.82, 2.24) is 10.2 Å². The van der Waals surface area contributed by atoms with Crippen molar-refractivity contribution >= 4 is 17.6 Å². The van der Waals surface area contributed by atoms with Crippen LogP contribution in [0.15, 0.2) is 77.1 Å². The lowest BCUT2D eigenvalue weighted by atomic mass is 9.80. The number of dihydropyridines is 1. The maximum atomic E-state index is 13.3. The number of hydrogen-bond acceptors (Lipinski definition) is 7. The molecule has 0 saturated carbocycles. The minimum Gasteiger partial charge on any atom is -0.466 e. The van der Waals surface area contributed by atoms with Gasteiger partial charge in [-0.15, -0.1) is 0 Å². The quantitative estimate of drug-likeness (QED) is 0.433. The van der Waals surface area contributed by atoms with Crippen molar-refractivity contribution in [2.75, 3.05) is 34.4 Å². The molecule has 1 aliphatic rings. The predicted molar refractivity (Wildman–Crippen MR) is 133 cm³/mol. The molecule has 0 bridgehead atoms. The second-order valence-corrected chi connectivity index (χ2v) is 8.58. The van der Waals surface area contributed by atoms with Gasteiger partial charge in [-0.2, -0.15) is 0 Å². The van der Waals surface area contributed by atoms with Gasteiger partial charge in [-0.05, 0) is 32.0 Å². The molecular weight excluding hydrogens is 446 g/mol. The molecule has 8 heteroatoms. The van der Waals surface area contributed by atoms with E-state index in [1.807, 2.05) is 37.4 Å². The molecule has 2 aromatic rings. The number of nitrogens with one attached hydrogen (secondary N) is 1. The molecule has 1 N–H and O–H groups in total. The van der Waals surface area contributed by atoms with Crippen LogP contribution in [0.1, 0.15) is 30.9 Å². The first-order valence-corrected chi connectivity index (χ1v) is 11.4. The third-order valence-electron chi connectivity index (χ3n) is 5.95. The zero-order chi connectivity index (χ0) is 25.5. The summed E-state index contributed by atoms with van der Waals surface area (Å²) in [4.78, 5) is 40.1. The molecule has 35 heavy (non-hydrogen) atoms. The van der Waals surface area contributed by atoms with Crippen LogP contribution in [0.2, 0.25) is 0 Å². The maximum absolute atomic E-state index is 13.3. The van der Waals surface area contributed by atoms with E-state index in [-0.39, 0.29) is 6.61 Å². The van der Waals surface area contributed by atoms with Gasteiger partial charge in [0.05, 0.1) is 24.2 Å². The number of likely N-dealkylation sites (N-methyl/N-ethyl adjacent to an activating group) is 1. The standard InChI is InChI=1S/C27H31N3O5/c1-18-23(26(31)34-5)25(21-12-9-13-22(16-21)30(4)33)24(19(2)28-18)27(32)35-15-14-29(3)17-20-10-7-6-8-11-20/h6-13,16,25H,14-15,17H2,1-5H3/p+1. The van der Waals surface area contributed by atoms with Crippen molar-refractivity contribution in [2.45, 2.75) is 26.3 Å². The van der Waals surface area contributed by atoms with E-state index in [1.165, 1.54) is 19.7 Å². The van der Waals surface area contributed by atoms with E-state index in [0.717, 1.165) is 11.3 Å². The summed E-state index contributed by atoms with van der Waals surface area (Å²) in [6, 6.07) is 16.9. The summed E-state index contributed by atoms with van der Waals surface area (Å²) in [5, 5.41) is 3.12. The fourth-order valence-electron chi connectivity index (χ4n) is 4.22. The second kappa shape index (κ2) is 11.6. The highest BCUT2D eigenvalue weighted by molar-refractivity contribution is 5.99. The van der Waals surface area contributed by atoms with Gasteiger partial charge in [-0.3, -0.25) is 4.90 Å². The Bertz CT molecular complexity index is 1170. The minimum atomic E-state index is -0.738. The number of nitroso groups, excluding NO2 is 1. The van der Waals surface area contributed by atoms with Gasteiger partial charge in [-0.1, -0.05) is 42.5 Å². The van der Waals surface area contributed by atoms with Gasteiger partial charge in [0, 0.05) is 46.3 Å². The Morgan fingerprint density at radius 1 is 1.00 bits per heavy atom. The molecule has 1 unspecified atom stereocenters. The lowest BCUT2D eigenvalue weighted by Crippen LogP contribution is -2.33.